The predicted octanol–water partition coefficient (Wildman–Crippen LogP) is 5.06. The third-order valence-electron chi connectivity index (χ3n) is 5.16. The van der Waals surface area contributed by atoms with Gasteiger partial charge in [0.25, 0.3) is 5.91 Å². The Morgan fingerprint density at radius 3 is 2.42 bits per heavy atom. The molecule has 2 aromatic carbocycles. The molecule has 0 radical (unpaired) electrons. The van der Waals surface area contributed by atoms with Gasteiger partial charge in [0, 0.05) is 12.1 Å². The summed E-state index contributed by atoms with van der Waals surface area (Å²) in [7, 11) is 1.59. The first-order chi connectivity index (χ1) is 15.8. The number of halogens is 1. The molecule has 7 nitrogen and oxygen atoms in total. The molecule has 1 N–H and O–H groups in total. The van der Waals surface area contributed by atoms with E-state index in [1.54, 1.807) is 55.6 Å². The Labute approximate surface area is 202 Å². The molecule has 1 heterocycles. The Bertz CT molecular complexity index is 1120. The quantitative estimate of drug-likeness (QED) is 0.318. The van der Waals surface area contributed by atoms with Gasteiger partial charge in [-0.2, -0.15) is 0 Å². The summed E-state index contributed by atoms with van der Waals surface area (Å²) in [6.45, 7) is 6.60. The minimum absolute atomic E-state index is 0.0118. The molecule has 1 aromatic heterocycles. The number of hydrogen-bond acceptors (Lipinski definition) is 6. The second-order valence-electron chi connectivity index (χ2n) is 7.70. The van der Waals surface area contributed by atoms with Crippen molar-refractivity contribution in [2.75, 3.05) is 12.9 Å². The third-order valence-corrected chi connectivity index (χ3v) is 6.45. The molecule has 0 spiro atoms. The average Bonchev–Trinajstić information content (AvgIpc) is 3.23. The number of carbonyl (C=O) groups is 2. The minimum Gasteiger partial charge on any atom is -0.497 e. The predicted molar refractivity (Wildman–Crippen MR) is 130 cm³/mol. The van der Waals surface area contributed by atoms with Crippen LogP contribution in [0.5, 0.6) is 5.75 Å². The number of aromatic nitrogens is 3. The highest BCUT2D eigenvalue weighted by atomic mass is 35.5. The molecule has 0 bridgehead atoms. The number of hydrogen-bond donors (Lipinski definition) is 1. The van der Waals surface area contributed by atoms with E-state index in [-0.39, 0.29) is 29.4 Å². The number of nitrogens with zero attached hydrogens (tertiary/aromatic N) is 3. The van der Waals surface area contributed by atoms with E-state index >= 15 is 0 Å². The minimum atomic E-state index is -0.368. The zero-order valence-electron chi connectivity index (χ0n) is 19.0. The van der Waals surface area contributed by atoms with Crippen LogP contribution in [0.2, 0.25) is 5.02 Å². The SMILES string of the molecule is CCn1c(SCC(=O)c2ccc(OC)cc2)nnc1[C@H](NC(=O)c1ccccc1Cl)C(C)C. The molecule has 0 fully saturated rings. The van der Waals surface area contributed by atoms with Crippen molar-refractivity contribution in [3.05, 3.63) is 70.5 Å². The molecule has 1 atom stereocenters. The van der Waals surface area contributed by atoms with Crippen molar-refractivity contribution in [1.29, 1.82) is 0 Å². The van der Waals surface area contributed by atoms with Crippen molar-refractivity contribution in [2.45, 2.75) is 38.5 Å². The summed E-state index contributed by atoms with van der Waals surface area (Å²) in [6.07, 6.45) is 0. The highest BCUT2D eigenvalue weighted by Crippen LogP contribution is 2.27. The summed E-state index contributed by atoms with van der Waals surface area (Å²) >= 11 is 7.52. The molecule has 0 aliphatic carbocycles. The summed E-state index contributed by atoms with van der Waals surface area (Å²) in [5.41, 5.74) is 1.02. The summed E-state index contributed by atoms with van der Waals surface area (Å²) in [6, 6.07) is 13.6. The van der Waals surface area contributed by atoms with Crippen LogP contribution >= 0.6 is 23.4 Å². The fourth-order valence-electron chi connectivity index (χ4n) is 3.32. The molecule has 0 aliphatic rings. The lowest BCUT2D eigenvalue weighted by Gasteiger charge is -2.22. The summed E-state index contributed by atoms with van der Waals surface area (Å²) in [5, 5.41) is 12.7. The van der Waals surface area contributed by atoms with E-state index in [1.165, 1.54) is 11.8 Å². The Hall–Kier alpha value is -2.84. The molecule has 0 saturated heterocycles. The van der Waals surface area contributed by atoms with Crippen LogP contribution in [-0.4, -0.2) is 39.3 Å². The highest BCUT2D eigenvalue weighted by molar-refractivity contribution is 7.99. The molecule has 0 aliphatic heterocycles. The maximum Gasteiger partial charge on any atom is 0.253 e. The molecule has 1 amide bonds. The Balaban J connectivity index is 1.76. The smallest absolute Gasteiger partial charge is 0.253 e. The lowest BCUT2D eigenvalue weighted by Crippen LogP contribution is -2.34. The van der Waals surface area contributed by atoms with E-state index in [0.29, 0.717) is 39.4 Å². The number of carbonyl (C=O) groups excluding carboxylic acids is 2. The van der Waals surface area contributed by atoms with Gasteiger partial charge in [0.1, 0.15) is 5.75 Å². The molecule has 9 heteroatoms. The highest BCUT2D eigenvalue weighted by Gasteiger charge is 2.26. The zero-order chi connectivity index (χ0) is 24.0. The van der Waals surface area contributed by atoms with Gasteiger partial charge in [-0.25, -0.2) is 0 Å². The molecule has 0 saturated carbocycles. The van der Waals surface area contributed by atoms with Crippen LogP contribution in [0.15, 0.2) is 53.7 Å². The van der Waals surface area contributed by atoms with Crippen molar-refractivity contribution in [3.8, 4) is 5.75 Å². The number of benzene rings is 2. The first-order valence-electron chi connectivity index (χ1n) is 10.6. The van der Waals surface area contributed by atoms with Gasteiger partial charge in [-0.05, 0) is 49.2 Å². The number of ketones is 1. The summed E-state index contributed by atoms with van der Waals surface area (Å²) < 4.78 is 7.07. The van der Waals surface area contributed by atoms with Gasteiger partial charge in [0.15, 0.2) is 16.8 Å². The van der Waals surface area contributed by atoms with Crippen molar-refractivity contribution < 1.29 is 14.3 Å². The fraction of sp³-hybridized carbons (Fsp3) is 0.333. The monoisotopic (exact) mass is 486 g/mol. The van der Waals surface area contributed by atoms with Crippen LogP contribution < -0.4 is 10.1 Å². The number of nitrogens with one attached hydrogen (secondary N) is 1. The van der Waals surface area contributed by atoms with Crippen molar-refractivity contribution >= 4 is 35.1 Å². The molecule has 3 rings (SSSR count). The maximum absolute atomic E-state index is 12.9. The van der Waals surface area contributed by atoms with Crippen LogP contribution in [-0.2, 0) is 6.54 Å². The van der Waals surface area contributed by atoms with Gasteiger partial charge in [-0.3, -0.25) is 9.59 Å². The van der Waals surface area contributed by atoms with Crippen molar-refractivity contribution in [1.82, 2.24) is 20.1 Å². The van der Waals surface area contributed by atoms with E-state index in [4.69, 9.17) is 16.3 Å². The number of methoxy groups -OCH3 is 1. The molecular weight excluding hydrogens is 460 g/mol. The van der Waals surface area contributed by atoms with E-state index < -0.39 is 0 Å². The Kier molecular flexibility index (Phi) is 8.52. The zero-order valence-corrected chi connectivity index (χ0v) is 20.6. The van der Waals surface area contributed by atoms with Crippen LogP contribution in [0.1, 0.15) is 53.4 Å². The lowest BCUT2D eigenvalue weighted by atomic mass is 10.0. The largest absolute Gasteiger partial charge is 0.497 e. The maximum atomic E-state index is 12.9. The van der Waals surface area contributed by atoms with E-state index in [9.17, 15) is 9.59 Å². The summed E-state index contributed by atoms with van der Waals surface area (Å²) in [5.74, 6) is 1.35. The number of ether oxygens (including phenoxy) is 1. The first-order valence-corrected chi connectivity index (χ1v) is 12.0. The Morgan fingerprint density at radius 2 is 1.82 bits per heavy atom. The van der Waals surface area contributed by atoms with E-state index in [0.717, 1.165) is 0 Å². The number of thioether (sulfide) groups is 1. The van der Waals surface area contributed by atoms with Crippen molar-refractivity contribution in [2.24, 2.45) is 5.92 Å². The van der Waals surface area contributed by atoms with Crippen LogP contribution in [0.25, 0.3) is 0 Å². The van der Waals surface area contributed by atoms with Crippen molar-refractivity contribution in [3.63, 3.8) is 0 Å². The van der Waals surface area contributed by atoms with Gasteiger partial charge in [-0.1, -0.05) is 49.3 Å². The third kappa shape index (κ3) is 5.94. The topological polar surface area (TPSA) is 86.1 Å². The van der Waals surface area contributed by atoms with Crippen LogP contribution in [0, 0.1) is 5.92 Å². The Morgan fingerprint density at radius 1 is 1.12 bits per heavy atom. The van der Waals surface area contributed by atoms with Crippen LogP contribution in [0.4, 0.5) is 0 Å². The second kappa shape index (κ2) is 11.3. The van der Waals surface area contributed by atoms with Gasteiger partial charge < -0.3 is 14.6 Å². The second-order valence-corrected chi connectivity index (χ2v) is 9.05. The fourth-order valence-corrected chi connectivity index (χ4v) is 4.44. The molecule has 3 aromatic rings. The van der Waals surface area contributed by atoms with Gasteiger partial charge in [0.2, 0.25) is 0 Å². The van der Waals surface area contributed by atoms with Gasteiger partial charge >= 0.3 is 0 Å². The van der Waals surface area contributed by atoms with Gasteiger partial charge in [-0.15, -0.1) is 10.2 Å². The molecule has 33 heavy (non-hydrogen) atoms. The first kappa shape index (κ1) is 24.8. The normalized spacial score (nSPS) is 11.9. The summed E-state index contributed by atoms with van der Waals surface area (Å²) in [4.78, 5) is 25.5. The van der Waals surface area contributed by atoms with Gasteiger partial charge in [0.05, 0.1) is 29.5 Å². The number of rotatable bonds is 10. The number of Topliss-reactive ketones (excluding diaryl/α,β-unsaturated/α-hetero) is 1. The molecule has 0 unspecified atom stereocenters. The van der Waals surface area contributed by atoms with E-state index in [1.807, 2.05) is 25.3 Å². The van der Waals surface area contributed by atoms with Crippen LogP contribution in [0.3, 0.4) is 0 Å². The van der Waals surface area contributed by atoms with E-state index in [2.05, 4.69) is 15.5 Å². The average molecular weight is 487 g/mol. The molecule has 174 valence electrons. The lowest BCUT2D eigenvalue weighted by molar-refractivity contribution is 0.0921. The molecular formula is C24H27ClN4O3S. The standard InChI is InChI=1S/C24H27ClN4O3S/c1-5-29-22(21(15(2)3)26-23(31)18-8-6-7-9-19(18)25)27-28-24(29)33-14-20(30)16-10-12-17(32-4)13-11-16/h6-13,15,21H,5,14H2,1-4H3,(H,26,31)/t21-/m1/s1. The number of amides is 1.